The fraction of sp³-hybridized carbons (Fsp3) is 0.455. The number of aliphatic hydroxyl groups excluding tert-OH is 2. The smallest absolute Gasteiger partial charge is 0.0762 e. The standard InChI is InChI=1S/C33H44O3/c1-25(18-19-34)21-32(29-15-8-5-9-16-29)33(36,22-30-17-11-10-12-27(30)3)23-31(20-26(2)24-35)28-13-6-4-7-14-28/h4-17,25-26,31-32,34-36H,18-24H2,1-3H3. The van der Waals surface area contributed by atoms with Gasteiger partial charge in [-0.1, -0.05) is 98.8 Å². The Balaban J connectivity index is 2.10. The molecule has 0 heterocycles. The molecule has 36 heavy (non-hydrogen) atoms. The zero-order valence-corrected chi connectivity index (χ0v) is 22.2. The molecule has 0 fully saturated rings. The number of aryl methyl sites for hydroxylation is 1. The summed E-state index contributed by atoms with van der Waals surface area (Å²) >= 11 is 0. The summed E-state index contributed by atoms with van der Waals surface area (Å²) in [5.74, 6) is 0.439. The van der Waals surface area contributed by atoms with Gasteiger partial charge in [-0.15, -0.1) is 0 Å². The van der Waals surface area contributed by atoms with Gasteiger partial charge in [0.2, 0.25) is 0 Å². The Morgan fingerprint density at radius 1 is 0.722 bits per heavy atom. The molecule has 0 bridgehead atoms. The van der Waals surface area contributed by atoms with Crippen LogP contribution in [0.25, 0.3) is 0 Å². The molecule has 5 atom stereocenters. The Kier molecular flexibility index (Phi) is 10.7. The molecule has 3 N–H and O–H groups in total. The summed E-state index contributed by atoms with van der Waals surface area (Å²) in [5.41, 5.74) is 3.69. The molecule has 3 rings (SSSR count). The zero-order chi connectivity index (χ0) is 26.0. The number of hydrogen-bond acceptors (Lipinski definition) is 3. The number of aliphatic hydroxyl groups is 3. The fourth-order valence-electron chi connectivity index (χ4n) is 5.62. The van der Waals surface area contributed by atoms with E-state index in [1.165, 1.54) is 11.1 Å². The summed E-state index contributed by atoms with van der Waals surface area (Å²) in [5, 5.41) is 32.3. The molecule has 0 aromatic heterocycles. The first kappa shape index (κ1) is 28.1. The van der Waals surface area contributed by atoms with Crippen LogP contribution >= 0.6 is 0 Å². The molecule has 5 unspecified atom stereocenters. The average Bonchev–Trinajstić information content (AvgIpc) is 2.89. The van der Waals surface area contributed by atoms with Crippen molar-refractivity contribution in [2.45, 2.75) is 70.3 Å². The second-order valence-electron chi connectivity index (χ2n) is 10.9. The molecule has 3 heteroatoms. The van der Waals surface area contributed by atoms with Crippen LogP contribution in [0.1, 0.15) is 73.6 Å². The van der Waals surface area contributed by atoms with Crippen molar-refractivity contribution >= 4 is 0 Å². The molecule has 0 saturated carbocycles. The van der Waals surface area contributed by atoms with E-state index in [0.717, 1.165) is 24.0 Å². The normalized spacial score (nSPS) is 16.6. The molecule has 0 spiro atoms. The van der Waals surface area contributed by atoms with Crippen molar-refractivity contribution in [3.63, 3.8) is 0 Å². The van der Waals surface area contributed by atoms with Crippen molar-refractivity contribution in [3.05, 3.63) is 107 Å². The molecular weight excluding hydrogens is 444 g/mol. The highest BCUT2D eigenvalue weighted by Crippen LogP contribution is 2.44. The Bertz CT molecular complexity index is 1020. The van der Waals surface area contributed by atoms with Crippen LogP contribution in [-0.4, -0.2) is 34.1 Å². The van der Waals surface area contributed by atoms with Crippen LogP contribution in [0.4, 0.5) is 0 Å². The van der Waals surface area contributed by atoms with Crippen LogP contribution in [0.2, 0.25) is 0 Å². The van der Waals surface area contributed by atoms with Gasteiger partial charge in [-0.05, 0) is 72.6 Å². The third-order valence-electron chi connectivity index (χ3n) is 7.74. The molecule has 194 valence electrons. The van der Waals surface area contributed by atoms with Crippen molar-refractivity contribution < 1.29 is 15.3 Å². The van der Waals surface area contributed by atoms with E-state index < -0.39 is 5.60 Å². The van der Waals surface area contributed by atoms with Gasteiger partial charge < -0.3 is 15.3 Å². The topological polar surface area (TPSA) is 60.7 Å². The van der Waals surface area contributed by atoms with Gasteiger partial charge in [0, 0.05) is 25.6 Å². The first-order valence-corrected chi connectivity index (χ1v) is 13.4. The fourth-order valence-corrected chi connectivity index (χ4v) is 5.62. The van der Waals surface area contributed by atoms with Crippen LogP contribution in [0.3, 0.4) is 0 Å². The quantitative estimate of drug-likeness (QED) is 0.238. The van der Waals surface area contributed by atoms with Crippen LogP contribution in [-0.2, 0) is 6.42 Å². The largest absolute Gasteiger partial charge is 0.396 e. The van der Waals surface area contributed by atoms with Gasteiger partial charge in [-0.25, -0.2) is 0 Å². The molecule has 0 aliphatic carbocycles. The van der Waals surface area contributed by atoms with Gasteiger partial charge in [0.1, 0.15) is 0 Å². The molecule has 0 saturated heterocycles. The lowest BCUT2D eigenvalue weighted by molar-refractivity contribution is -0.0130. The van der Waals surface area contributed by atoms with Gasteiger partial charge in [-0.2, -0.15) is 0 Å². The third kappa shape index (κ3) is 7.77. The number of benzene rings is 3. The molecule has 3 nitrogen and oxygen atoms in total. The number of rotatable bonds is 14. The third-order valence-corrected chi connectivity index (χ3v) is 7.74. The van der Waals surface area contributed by atoms with Crippen LogP contribution in [0.5, 0.6) is 0 Å². The second kappa shape index (κ2) is 13.7. The van der Waals surface area contributed by atoms with Gasteiger partial charge in [0.05, 0.1) is 5.60 Å². The minimum absolute atomic E-state index is 0.0875. The lowest BCUT2D eigenvalue weighted by atomic mass is 9.68. The lowest BCUT2D eigenvalue weighted by Crippen LogP contribution is -2.41. The van der Waals surface area contributed by atoms with E-state index in [4.69, 9.17) is 0 Å². The van der Waals surface area contributed by atoms with E-state index in [0.29, 0.717) is 19.3 Å². The molecule has 3 aromatic carbocycles. The lowest BCUT2D eigenvalue weighted by Gasteiger charge is -2.41. The summed E-state index contributed by atoms with van der Waals surface area (Å²) < 4.78 is 0. The molecule has 0 aliphatic heterocycles. The first-order chi connectivity index (χ1) is 17.4. The van der Waals surface area contributed by atoms with Gasteiger partial charge in [0.25, 0.3) is 0 Å². The summed E-state index contributed by atoms with van der Waals surface area (Å²) in [4.78, 5) is 0. The SMILES string of the molecule is Cc1ccccc1CC(O)(CC(CC(C)CO)c1ccccc1)C(CC(C)CCO)c1ccccc1. The van der Waals surface area contributed by atoms with Gasteiger partial charge >= 0.3 is 0 Å². The van der Waals surface area contributed by atoms with Crippen molar-refractivity contribution in [1.82, 2.24) is 0 Å². The zero-order valence-electron chi connectivity index (χ0n) is 22.2. The molecule has 0 radical (unpaired) electrons. The van der Waals surface area contributed by atoms with E-state index in [-0.39, 0.29) is 36.9 Å². The van der Waals surface area contributed by atoms with E-state index in [9.17, 15) is 15.3 Å². The van der Waals surface area contributed by atoms with Crippen LogP contribution in [0.15, 0.2) is 84.9 Å². The predicted molar refractivity (Wildman–Crippen MR) is 149 cm³/mol. The Hall–Kier alpha value is -2.46. The molecule has 0 amide bonds. The summed E-state index contributed by atoms with van der Waals surface area (Å²) in [6, 6.07) is 29.2. The van der Waals surface area contributed by atoms with E-state index >= 15 is 0 Å². The van der Waals surface area contributed by atoms with Crippen molar-refractivity contribution in [2.24, 2.45) is 11.8 Å². The molecule has 0 aliphatic rings. The number of hydrogen-bond donors (Lipinski definition) is 3. The maximum absolute atomic E-state index is 12.8. The molecular formula is C33H44O3. The van der Waals surface area contributed by atoms with E-state index in [1.54, 1.807) is 0 Å². The van der Waals surface area contributed by atoms with Crippen molar-refractivity contribution in [1.29, 1.82) is 0 Å². The minimum atomic E-state index is -1.01. The van der Waals surface area contributed by atoms with Crippen molar-refractivity contribution in [2.75, 3.05) is 13.2 Å². The van der Waals surface area contributed by atoms with E-state index in [2.05, 4.69) is 87.5 Å². The Morgan fingerprint density at radius 3 is 1.89 bits per heavy atom. The van der Waals surface area contributed by atoms with Crippen LogP contribution in [0, 0.1) is 18.8 Å². The maximum Gasteiger partial charge on any atom is 0.0762 e. The summed E-state index contributed by atoms with van der Waals surface area (Å²) in [6.45, 7) is 6.65. The van der Waals surface area contributed by atoms with Gasteiger partial charge in [-0.3, -0.25) is 0 Å². The maximum atomic E-state index is 12.8. The Labute approximate surface area is 217 Å². The first-order valence-electron chi connectivity index (χ1n) is 13.4. The van der Waals surface area contributed by atoms with Gasteiger partial charge in [0.15, 0.2) is 0 Å². The van der Waals surface area contributed by atoms with E-state index in [1.807, 2.05) is 18.2 Å². The average molecular weight is 489 g/mol. The highest BCUT2D eigenvalue weighted by Gasteiger charge is 2.41. The summed E-state index contributed by atoms with van der Waals surface area (Å²) in [6.07, 6.45) is 3.48. The predicted octanol–water partition coefficient (Wildman–Crippen LogP) is 6.65. The van der Waals surface area contributed by atoms with Crippen molar-refractivity contribution in [3.8, 4) is 0 Å². The highest BCUT2D eigenvalue weighted by molar-refractivity contribution is 5.32. The Morgan fingerprint density at radius 2 is 1.31 bits per heavy atom. The highest BCUT2D eigenvalue weighted by atomic mass is 16.3. The molecule has 3 aromatic rings. The summed E-state index contributed by atoms with van der Waals surface area (Å²) in [7, 11) is 0. The minimum Gasteiger partial charge on any atom is -0.396 e. The second-order valence-corrected chi connectivity index (χ2v) is 10.9. The van der Waals surface area contributed by atoms with Crippen LogP contribution < -0.4 is 0 Å². The monoisotopic (exact) mass is 488 g/mol.